The first-order chi connectivity index (χ1) is 12.2. The highest BCUT2D eigenvalue weighted by Gasteiger charge is 2.23. The summed E-state index contributed by atoms with van der Waals surface area (Å²) >= 11 is 0. The molecule has 3 rings (SSSR count). The SMILES string of the molecule is CCOc1ccc(C(=O)N2CCNCc3ccccc32)cc1OCC.Cl. The van der Waals surface area contributed by atoms with Crippen molar-refractivity contribution in [2.75, 3.05) is 31.2 Å². The molecule has 26 heavy (non-hydrogen) atoms. The Labute approximate surface area is 160 Å². The summed E-state index contributed by atoms with van der Waals surface area (Å²) in [5.41, 5.74) is 2.69. The predicted octanol–water partition coefficient (Wildman–Crippen LogP) is 3.66. The number of halogens is 1. The molecule has 0 unspecified atom stereocenters. The van der Waals surface area contributed by atoms with Crippen molar-refractivity contribution in [3.8, 4) is 11.5 Å². The van der Waals surface area contributed by atoms with E-state index in [2.05, 4.69) is 11.4 Å². The first-order valence-electron chi connectivity index (χ1n) is 8.74. The van der Waals surface area contributed by atoms with Crippen LogP contribution in [0.1, 0.15) is 29.8 Å². The zero-order chi connectivity index (χ0) is 17.6. The minimum Gasteiger partial charge on any atom is -0.490 e. The van der Waals surface area contributed by atoms with Crippen molar-refractivity contribution < 1.29 is 14.3 Å². The van der Waals surface area contributed by atoms with Gasteiger partial charge in [0.15, 0.2) is 11.5 Å². The highest BCUT2D eigenvalue weighted by atomic mass is 35.5. The number of nitrogens with one attached hydrogen (secondary N) is 1. The number of anilines is 1. The van der Waals surface area contributed by atoms with Crippen LogP contribution >= 0.6 is 12.4 Å². The van der Waals surface area contributed by atoms with E-state index in [0.29, 0.717) is 36.8 Å². The molecule has 2 aromatic rings. The Bertz CT molecular complexity index is 752. The zero-order valence-electron chi connectivity index (χ0n) is 15.2. The minimum atomic E-state index is -0.0276. The van der Waals surface area contributed by atoms with Gasteiger partial charge in [0.05, 0.1) is 13.2 Å². The van der Waals surface area contributed by atoms with Gasteiger partial charge in [-0.25, -0.2) is 0 Å². The van der Waals surface area contributed by atoms with Crippen molar-refractivity contribution in [2.24, 2.45) is 0 Å². The van der Waals surface area contributed by atoms with Crippen molar-refractivity contribution in [2.45, 2.75) is 20.4 Å². The lowest BCUT2D eigenvalue weighted by molar-refractivity contribution is 0.0987. The normalized spacial score (nSPS) is 13.2. The summed E-state index contributed by atoms with van der Waals surface area (Å²) in [5, 5.41) is 3.36. The molecule has 140 valence electrons. The molecule has 6 heteroatoms. The summed E-state index contributed by atoms with van der Waals surface area (Å²) in [6, 6.07) is 13.4. The third kappa shape index (κ3) is 4.29. The average Bonchev–Trinajstić information content (AvgIpc) is 2.85. The topological polar surface area (TPSA) is 50.8 Å². The molecular weight excluding hydrogens is 352 g/mol. The molecule has 0 saturated heterocycles. The molecule has 0 bridgehead atoms. The van der Waals surface area contributed by atoms with Gasteiger partial charge in [-0.05, 0) is 43.7 Å². The molecule has 0 radical (unpaired) electrons. The lowest BCUT2D eigenvalue weighted by Crippen LogP contribution is -2.34. The molecule has 1 amide bonds. The van der Waals surface area contributed by atoms with E-state index in [1.165, 1.54) is 0 Å². The van der Waals surface area contributed by atoms with Gasteiger partial charge in [-0.15, -0.1) is 12.4 Å². The highest BCUT2D eigenvalue weighted by molar-refractivity contribution is 6.07. The quantitative estimate of drug-likeness (QED) is 0.865. The molecule has 0 atom stereocenters. The van der Waals surface area contributed by atoms with E-state index >= 15 is 0 Å². The molecule has 2 aromatic carbocycles. The number of fused-ring (bicyclic) bond motifs is 1. The van der Waals surface area contributed by atoms with Crippen LogP contribution in [-0.4, -0.2) is 32.2 Å². The summed E-state index contributed by atoms with van der Waals surface area (Å²) in [6.45, 7) is 7.08. The Morgan fingerprint density at radius 1 is 1.08 bits per heavy atom. The number of amides is 1. The summed E-state index contributed by atoms with van der Waals surface area (Å²) in [6.07, 6.45) is 0. The second-order valence-corrected chi connectivity index (χ2v) is 5.79. The summed E-state index contributed by atoms with van der Waals surface area (Å²) in [7, 11) is 0. The molecule has 1 heterocycles. The van der Waals surface area contributed by atoms with Crippen molar-refractivity contribution in [1.29, 1.82) is 0 Å². The van der Waals surface area contributed by atoms with Crippen molar-refractivity contribution in [3.05, 3.63) is 53.6 Å². The van der Waals surface area contributed by atoms with E-state index in [9.17, 15) is 4.79 Å². The molecular formula is C20H25ClN2O3. The maximum absolute atomic E-state index is 13.1. The number of carbonyl (C=O) groups is 1. The average molecular weight is 377 g/mol. The zero-order valence-corrected chi connectivity index (χ0v) is 16.0. The van der Waals surface area contributed by atoms with Gasteiger partial charge in [0.25, 0.3) is 5.91 Å². The van der Waals surface area contributed by atoms with Gasteiger partial charge >= 0.3 is 0 Å². The van der Waals surface area contributed by atoms with Crippen LogP contribution in [0.4, 0.5) is 5.69 Å². The number of hydrogen-bond donors (Lipinski definition) is 1. The number of benzene rings is 2. The van der Waals surface area contributed by atoms with Crippen LogP contribution in [0, 0.1) is 0 Å². The molecule has 1 aliphatic heterocycles. The van der Waals surface area contributed by atoms with Crippen LogP contribution in [0.5, 0.6) is 11.5 Å². The lowest BCUT2D eigenvalue weighted by Gasteiger charge is -2.23. The van der Waals surface area contributed by atoms with Crippen molar-refractivity contribution in [3.63, 3.8) is 0 Å². The predicted molar refractivity (Wildman–Crippen MR) is 106 cm³/mol. The van der Waals surface area contributed by atoms with Gasteiger partial charge in [-0.1, -0.05) is 18.2 Å². The summed E-state index contributed by atoms with van der Waals surface area (Å²) in [5.74, 6) is 1.25. The van der Waals surface area contributed by atoms with Gasteiger partial charge in [0.1, 0.15) is 0 Å². The van der Waals surface area contributed by atoms with Crippen LogP contribution in [0.15, 0.2) is 42.5 Å². The molecule has 0 aliphatic carbocycles. The lowest BCUT2D eigenvalue weighted by atomic mass is 10.1. The molecule has 5 nitrogen and oxygen atoms in total. The molecule has 0 saturated carbocycles. The van der Waals surface area contributed by atoms with E-state index in [-0.39, 0.29) is 18.3 Å². The number of para-hydroxylation sites is 1. The first kappa shape index (κ1) is 20.1. The number of nitrogens with zero attached hydrogens (tertiary/aromatic N) is 1. The number of carbonyl (C=O) groups excluding carboxylic acids is 1. The maximum Gasteiger partial charge on any atom is 0.258 e. The number of rotatable bonds is 5. The Kier molecular flexibility index (Phi) is 7.30. The van der Waals surface area contributed by atoms with E-state index in [4.69, 9.17) is 9.47 Å². The highest BCUT2D eigenvalue weighted by Crippen LogP contribution is 2.30. The number of ether oxygens (including phenoxy) is 2. The third-order valence-electron chi connectivity index (χ3n) is 4.15. The van der Waals surface area contributed by atoms with Crippen LogP contribution in [0.3, 0.4) is 0 Å². The smallest absolute Gasteiger partial charge is 0.258 e. The maximum atomic E-state index is 13.1. The van der Waals surface area contributed by atoms with E-state index in [1.807, 2.05) is 43.0 Å². The van der Waals surface area contributed by atoms with E-state index in [0.717, 1.165) is 24.3 Å². The fourth-order valence-electron chi connectivity index (χ4n) is 3.01. The molecule has 0 fully saturated rings. The van der Waals surface area contributed by atoms with Crippen LogP contribution in [0.2, 0.25) is 0 Å². The summed E-state index contributed by atoms with van der Waals surface area (Å²) < 4.78 is 11.2. The largest absolute Gasteiger partial charge is 0.490 e. The van der Waals surface area contributed by atoms with Gasteiger partial charge < -0.3 is 19.7 Å². The monoisotopic (exact) mass is 376 g/mol. The minimum absolute atomic E-state index is 0. The standard InChI is InChI=1S/C20H24N2O3.ClH/c1-3-24-18-10-9-15(13-19(18)25-4-2)20(23)22-12-11-21-14-16-7-5-6-8-17(16)22;/h5-10,13,21H,3-4,11-12,14H2,1-2H3;1H. The van der Waals surface area contributed by atoms with Gasteiger partial charge in [0, 0.05) is 30.9 Å². The molecule has 0 aromatic heterocycles. The first-order valence-corrected chi connectivity index (χ1v) is 8.74. The van der Waals surface area contributed by atoms with Gasteiger partial charge in [0.2, 0.25) is 0 Å². The molecule has 0 spiro atoms. The molecule has 1 aliphatic rings. The van der Waals surface area contributed by atoms with Gasteiger partial charge in [-0.2, -0.15) is 0 Å². The van der Waals surface area contributed by atoms with Crippen LogP contribution in [-0.2, 0) is 6.54 Å². The van der Waals surface area contributed by atoms with Crippen molar-refractivity contribution in [1.82, 2.24) is 5.32 Å². The summed E-state index contributed by atoms with van der Waals surface area (Å²) in [4.78, 5) is 15.0. The van der Waals surface area contributed by atoms with Gasteiger partial charge in [-0.3, -0.25) is 4.79 Å². The fraction of sp³-hybridized carbons (Fsp3) is 0.350. The van der Waals surface area contributed by atoms with E-state index in [1.54, 1.807) is 12.1 Å². The van der Waals surface area contributed by atoms with E-state index < -0.39 is 0 Å². The third-order valence-corrected chi connectivity index (χ3v) is 4.15. The second-order valence-electron chi connectivity index (χ2n) is 5.79. The Morgan fingerprint density at radius 2 is 1.81 bits per heavy atom. The Hall–Kier alpha value is -2.24. The van der Waals surface area contributed by atoms with Crippen LogP contribution < -0.4 is 19.7 Å². The Morgan fingerprint density at radius 3 is 2.58 bits per heavy atom. The van der Waals surface area contributed by atoms with Crippen LogP contribution in [0.25, 0.3) is 0 Å². The molecule has 1 N–H and O–H groups in total. The second kappa shape index (κ2) is 9.46. The number of hydrogen-bond acceptors (Lipinski definition) is 4. The fourth-order valence-corrected chi connectivity index (χ4v) is 3.01. The Balaban J connectivity index is 0.00000243. The van der Waals surface area contributed by atoms with Crippen molar-refractivity contribution >= 4 is 24.0 Å².